The zero-order chi connectivity index (χ0) is 14.9. The van der Waals surface area contributed by atoms with Gasteiger partial charge in [0.2, 0.25) is 0 Å². The van der Waals surface area contributed by atoms with Crippen LogP contribution in [-0.2, 0) is 11.0 Å². The van der Waals surface area contributed by atoms with Crippen LogP contribution < -0.4 is 5.32 Å². The highest BCUT2D eigenvalue weighted by molar-refractivity contribution is 9.10. The molecule has 0 spiro atoms. The average Bonchev–Trinajstić information content (AvgIpc) is 3.12. The summed E-state index contributed by atoms with van der Waals surface area (Å²) in [6, 6.07) is 3.36. The first kappa shape index (κ1) is 15.2. The molecule has 1 aromatic rings. The predicted octanol–water partition coefficient (Wildman–Crippen LogP) is 4.13. The second-order valence-corrected chi connectivity index (χ2v) is 5.79. The van der Waals surface area contributed by atoms with Crippen LogP contribution in [0.25, 0.3) is 0 Å². The molecule has 1 aliphatic rings. The molecule has 1 unspecified atom stereocenters. The van der Waals surface area contributed by atoms with E-state index in [1.54, 1.807) is 0 Å². The van der Waals surface area contributed by atoms with Crippen molar-refractivity contribution in [2.45, 2.75) is 31.5 Å². The van der Waals surface area contributed by atoms with Crippen molar-refractivity contribution in [2.24, 2.45) is 5.92 Å². The summed E-state index contributed by atoms with van der Waals surface area (Å²) in [5.41, 5.74) is -0.859. The lowest BCUT2D eigenvalue weighted by atomic mass is 10.1. The number of hydrogen-bond acceptors (Lipinski definition) is 2. The molecule has 1 saturated carbocycles. The van der Waals surface area contributed by atoms with Gasteiger partial charge in [0.1, 0.15) is 0 Å². The molecule has 0 aliphatic heterocycles. The van der Waals surface area contributed by atoms with Gasteiger partial charge in [-0.05, 0) is 37.0 Å². The maximum atomic E-state index is 13.0. The molecule has 1 atom stereocenters. The molecule has 0 heterocycles. The van der Waals surface area contributed by atoms with E-state index in [2.05, 4.69) is 21.2 Å². The summed E-state index contributed by atoms with van der Waals surface area (Å²) in [4.78, 5) is 10.8. The number of alkyl halides is 3. The molecule has 0 aromatic heterocycles. The molecule has 0 saturated heterocycles. The molecule has 2 rings (SSSR count). The average molecular weight is 352 g/mol. The lowest BCUT2D eigenvalue weighted by Gasteiger charge is -2.21. The van der Waals surface area contributed by atoms with Crippen LogP contribution in [0.1, 0.15) is 24.8 Å². The predicted molar refractivity (Wildman–Crippen MR) is 71.5 cm³/mol. The molecule has 110 valence electrons. The Balaban J connectivity index is 2.25. The van der Waals surface area contributed by atoms with Crippen LogP contribution >= 0.6 is 15.9 Å². The van der Waals surface area contributed by atoms with Gasteiger partial charge in [0.15, 0.2) is 0 Å². The molecule has 7 heteroatoms. The minimum Gasteiger partial charge on any atom is -0.481 e. The van der Waals surface area contributed by atoms with Crippen molar-refractivity contribution in [1.82, 2.24) is 0 Å². The van der Waals surface area contributed by atoms with Gasteiger partial charge in [0.05, 0.1) is 12.0 Å². The highest BCUT2D eigenvalue weighted by Gasteiger charge is 2.37. The minimum atomic E-state index is -4.48. The maximum absolute atomic E-state index is 13.0. The summed E-state index contributed by atoms with van der Waals surface area (Å²) in [5, 5.41) is 11.6. The normalized spacial score (nSPS) is 16.8. The van der Waals surface area contributed by atoms with Gasteiger partial charge in [-0.3, -0.25) is 4.79 Å². The van der Waals surface area contributed by atoms with Gasteiger partial charge in [-0.25, -0.2) is 0 Å². The number of nitrogens with one attached hydrogen (secondary N) is 1. The molecule has 1 fully saturated rings. The minimum absolute atomic E-state index is 0.0705. The van der Waals surface area contributed by atoms with Crippen LogP contribution in [0.4, 0.5) is 18.9 Å². The van der Waals surface area contributed by atoms with Crippen molar-refractivity contribution in [3.05, 3.63) is 28.2 Å². The Morgan fingerprint density at radius 2 is 2.10 bits per heavy atom. The molecule has 20 heavy (non-hydrogen) atoms. The molecule has 2 N–H and O–H groups in total. The van der Waals surface area contributed by atoms with Crippen LogP contribution in [0, 0.1) is 5.92 Å². The Hall–Kier alpha value is -1.24. The molecule has 0 amide bonds. The first-order valence-corrected chi connectivity index (χ1v) is 6.91. The monoisotopic (exact) mass is 351 g/mol. The van der Waals surface area contributed by atoms with Gasteiger partial charge in [-0.2, -0.15) is 13.2 Å². The third-order valence-corrected chi connectivity index (χ3v) is 3.71. The lowest BCUT2D eigenvalue weighted by Crippen LogP contribution is -2.26. The van der Waals surface area contributed by atoms with Crippen molar-refractivity contribution in [1.29, 1.82) is 0 Å². The summed E-state index contributed by atoms with van der Waals surface area (Å²) in [7, 11) is 0. The Kier molecular flexibility index (Phi) is 4.27. The van der Waals surface area contributed by atoms with E-state index in [9.17, 15) is 18.0 Å². The first-order valence-electron chi connectivity index (χ1n) is 6.12. The van der Waals surface area contributed by atoms with Gasteiger partial charge in [0.25, 0.3) is 0 Å². The highest BCUT2D eigenvalue weighted by Crippen LogP contribution is 2.40. The number of aliphatic carboxylic acids is 1. The van der Waals surface area contributed by atoms with Crippen LogP contribution in [0.2, 0.25) is 0 Å². The van der Waals surface area contributed by atoms with Gasteiger partial charge >= 0.3 is 12.1 Å². The van der Waals surface area contributed by atoms with Gasteiger partial charge in [0, 0.05) is 16.2 Å². The maximum Gasteiger partial charge on any atom is 0.418 e. The van der Waals surface area contributed by atoms with Crippen LogP contribution in [0.5, 0.6) is 0 Å². The molecule has 1 aliphatic carbocycles. The number of rotatable bonds is 5. The molecule has 0 radical (unpaired) electrons. The first-order chi connectivity index (χ1) is 9.27. The largest absolute Gasteiger partial charge is 0.481 e. The summed E-state index contributed by atoms with van der Waals surface area (Å²) in [6.07, 6.45) is -2.97. The summed E-state index contributed by atoms with van der Waals surface area (Å²) in [5.74, 6) is -0.879. The van der Waals surface area contributed by atoms with Gasteiger partial charge in [-0.1, -0.05) is 15.9 Å². The van der Waals surface area contributed by atoms with Gasteiger partial charge < -0.3 is 10.4 Å². The van der Waals surface area contributed by atoms with E-state index in [0.717, 1.165) is 18.9 Å². The zero-order valence-corrected chi connectivity index (χ0v) is 12.0. The second kappa shape index (κ2) is 5.63. The molecule has 0 bridgehead atoms. The Morgan fingerprint density at radius 3 is 2.60 bits per heavy atom. The second-order valence-electron chi connectivity index (χ2n) is 4.87. The van der Waals surface area contributed by atoms with E-state index in [1.807, 2.05) is 0 Å². The van der Waals surface area contributed by atoms with E-state index in [1.165, 1.54) is 12.1 Å². The van der Waals surface area contributed by atoms with Crippen molar-refractivity contribution in [3.63, 3.8) is 0 Å². The molecular weight excluding hydrogens is 339 g/mol. The molecular formula is C13H13BrF3NO2. The molecule has 3 nitrogen and oxygen atoms in total. The zero-order valence-electron chi connectivity index (χ0n) is 10.4. The van der Waals surface area contributed by atoms with E-state index in [4.69, 9.17) is 5.11 Å². The van der Waals surface area contributed by atoms with E-state index >= 15 is 0 Å². The van der Waals surface area contributed by atoms with Gasteiger partial charge in [-0.15, -0.1) is 0 Å². The quantitative estimate of drug-likeness (QED) is 0.838. The lowest BCUT2D eigenvalue weighted by molar-refractivity contribution is -0.137. The van der Waals surface area contributed by atoms with Crippen LogP contribution in [-0.4, -0.2) is 17.1 Å². The number of halogens is 4. The summed E-state index contributed by atoms with van der Waals surface area (Å²) < 4.78 is 39.3. The van der Waals surface area contributed by atoms with Crippen LogP contribution in [0.15, 0.2) is 22.7 Å². The fraction of sp³-hybridized carbons (Fsp3) is 0.462. The number of hydrogen-bond donors (Lipinski definition) is 2. The highest BCUT2D eigenvalue weighted by atomic mass is 79.9. The van der Waals surface area contributed by atoms with E-state index in [-0.39, 0.29) is 18.0 Å². The fourth-order valence-electron chi connectivity index (χ4n) is 2.10. The number of carboxylic acid groups (broad SMARTS) is 1. The summed E-state index contributed by atoms with van der Waals surface area (Å²) >= 11 is 3.01. The topological polar surface area (TPSA) is 49.3 Å². The number of carbonyl (C=O) groups is 1. The SMILES string of the molecule is O=C(O)CC(Nc1ccc(Br)cc1C(F)(F)F)C1CC1. The standard InChI is InChI=1S/C13H13BrF3NO2/c14-8-3-4-10(9(5-8)13(15,16)17)18-11(6-12(19)20)7-1-2-7/h3-5,7,11,18H,1-2,6H2,(H,19,20). The smallest absolute Gasteiger partial charge is 0.418 e. The molecule has 1 aromatic carbocycles. The Bertz CT molecular complexity index is 515. The van der Waals surface area contributed by atoms with Crippen molar-refractivity contribution in [3.8, 4) is 0 Å². The van der Waals surface area contributed by atoms with E-state index in [0.29, 0.717) is 4.47 Å². The van der Waals surface area contributed by atoms with Crippen molar-refractivity contribution in [2.75, 3.05) is 5.32 Å². The fourth-order valence-corrected chi connectivity index (χ4v) is 2.46. The Labute approximate surface area is 122 Å². The van der Waals surface area contributed by atoms with Crippen LogP contribution in [0.3, 0.4) is 0 Å². The van der Waals surface area contributed by atoms with Crippen molar-refractivity contribution < 1.29 is 23.1 Å². The van der Waals surface area contributed by atoms with E-state index < -0.39 is 23.8 Å². The number of benzene rings is 1. The third kappa shape index (κ3) is 3.88. The number of anilines is 1. The van der Waals surface area contributed by atoms with Crippen molar-refractivity contribution >= 4 is 27.6 Å². The summed E-state index contributed by atoms with van der Waals surface area (Å²) in [6.45, 7) is 0. The Morgan fingerprint density at radius 1 is 1.45 bits per heavy atom. The third-order valence-electron chi connectivity index (χ3n) is 3.21. The number of carboxylic acids is 1.